The fourth-order valence-electron chi connectivity index (χ4n) is 2.74. The van der Waals surface area contributed by atoms with E-state index < -0.39 is 17.4 Å². The number of Topliss-reactive ketones (excluding diaryl/α,β-unsaturated/α-hetero) is 1. The summed E-state index contributed by atoms with van der Waals surface area (Å²) in [5, 5.41) is 2.67. The summed E-state index contributed by atoms with van der Waals surface area (Å²) < 4.78 is 44.6. The van der Waals surface area contributed by atoms with Crippen LogP contribution in [-0.2, 0) is 9.53 Å². The Labute approximate surface area is 104 Å². The highest BCUT2D eigenvalue weighted by atomic mass is 19.4. The van der Waals surface area contributed by atoms with Crippen LogP contribution in [-0.4, -0.2) is 38.3 Å². The van der Waals surface area contributed by atoms with E-state index in [9.17, 15) is 18.0 Å². The molecular weight excluding hydrogens is 247 g/mol. The lowest BCUT2D eigenvalue weighted by molar-refractivity contribution is -0.215. The third-order valence-electron chi connectivity index (χ3n) is 4.05. The Morgan fingerprint density at radius 2 is 2.00 bits per heavy atom. The third kappa shape index (κ3) is 2.54. The second-order valence-electron chi connectivity index (χ2n) is 5.19. The fraction of sp³-hybridized carbons (Fsp3) is 0.917. The molecule has 2 rings (SSSR count). The molecule has 2 aliphatic heterocycles. The van der Waals surface area contributed by atoms with Crippen LogP contribution in [0.15, 0.2) is 0 Å². The number of hydrogen-bond donors (Lipinski definition) is 1. The predicted molar refractivity (Wildman–Crippen MR) is 59.1 cm³/mol. The van der Waals surface area contributed by atoms with Crippen molar-refractivity contribution in [2.75, 3.05) is 26.3 Å². The summed E-state index contributed by atoms with van der Waals surface area (Å²) >= 11 is 0. The summed E-state index contributed by atoms with van der Waals surface area (Å²) in [5.74, 6) is -0.599. The molecule has 2 heterocycles. The van der Waals surface area contributed by atoms with Crippen molar-refractivity contribution in [1.29, 1.82) is 0 Å². The van der Waals surface area contributed by atoms with Gasteiger partial charge in [-0.25, -0.2) is 0 Å². The molecule has 104 valence electrons. The zero-order chi connectivity index (χ0) is 13.2. The summed E-state index contributed by atoms with van der Waals surface area (Å²) in [6.07, 6.45) is -3.16. The van der Waals surface area contributed by atoms with Crippen LogP contribution in [0.4, 0.5) is 13.2 Å². The summed E-state index contributed by atoms with van der Waals surface area (Å²) in [7, 11) is 0. The van der Waals surface area contributed by atoms with Crippen molar-refractivity contribution in [3.8, 4) is 0 Å². The van der Waals surface area contributed by atoms with Crippen molar-refractivity contribution >= 4 is 5.78 Å². The zero-order valence-corrected chi connectivity index (χ0v) is 10.2. The normalized spacial score (nSPS) is 30.6. The van der Waals surface area contributed by atoms with Crippen LogP contribution in [0.25, 0.3) is 0 Å². The van der Waals surface area contributed by atoms with E-state index in [2.05, 4.69) is 5.32 Å². The average molecular weight is 265 g/mol. The first-order valence-electron chi connectivity index (χ1n) is 6.34. The van der Waals surface area contributed by atoms with Crippen LogP contribution in [0.5, 0.6) is 0 Å². The first-order valence-corrected chi connectivity index (χ1v) is 6.34. The molecule has 1 unspecified atom stereocenters. The SMILES string of the molecule is O=C(CC1CCOCC1)C1(C(F)(F)F)CCNC1. The van der Waals surface area contributed by atoms with Gasteiger partial charge in [-0.15, -0.1) is 0 Å². The quantitative estimate of drug-likeness (QED) is 0.847. The van der Waals surface area contributed by atoms with Crippen molar-refractivity contribution < 1.29 is 22.7 Å². The zero-order valence-electron chi connectivity index (χ0n) is 10.2. The average Bonchev–Trinajstić information content (AvgIpc) is 2.80. The summed E-state index contributed by atoms with van der Waals surface area (Å²) in [6.45, 7) is 1.10. The number of rotatable bonds is 3. The van der Waals surface area contributed by atoms with Crippen LogP contribution in [0, 0.1) is 11.3 Å². The summed E-state index contributed by atoms with van der Waals surface area (Å²) in [5.41, 5.74) is -2.15. The largest absolute Gasteiger partial charge is 0.402 e. The Hall–Kier alpha value is -0.620. The van der Waals surface area contributed by atoms with Crippen LogP contribution < -0.4 is 5.32 Å². The molecule has 2 fully saturated rings. The summed E-state index contributed by atoms with van der Waals surface area (Å²) in [4.78, 5) is 12.1. The van der Waals surface area contributed by atoms with Crippen LogP contribution >= 0.6 is 0 Å². The topological polar surface area (TPSA) is 38.3 Å². The Kier molecular flexibility index (Phi) is 3.96. The Morgan fingerprint density at radius 3 is 2.50 bits per heavy atom. The molecule has 6 heteroatoms. The van der Waals surface area contributed by atoms with E-state index in [4.69, 9.17) is 4.74 Å². The Bertz CT molecular complexity index is 305. The summed E-state index contributed by atoms with van der Waals surface area (Å²) in [6, 6.07) is 0. The monoisotopic (exact) mass is 265 g/mol. The van der Waals surface area contributed by atoms with Gasteiger partial charge < -0.3 is 10.1 Å². The van der Waals surface area contributed by atoms with Crippen LogP contribution in [0.2, 0.25) is 0 Å². The maximum Gasteiger partial charge on any atom is 0.402 e. The molecule has 0 amide bonds. The molecule has 18 heavy (non-hydrogen) atoms. The lowest BCUT2D eigenvalue weighted by atomic mass is 9.77. The number of ketones is 1. The van der Waals surface area contributed by atoms with E-state index in [1.165, 1.54) is 0 Å². The van der Waals surface area contributed by atoms with Gasteiger partial charge in [0.15, 0.2) is 0 Å². The fourth-order valence-corrected chi connectivity index (χ4v) is 2.74. The molecule has 0 radical (unpaired) electrons. The van der Waals surface area contributed by atoms with Gasteiger partial charge in [-0.3, -0.25) is 4.79 Å². The van der Waals surface area contributed by atoms with Gasteiger partial charge in [0.25, 0.3) is 0 Å². The first-order chi connectivity index (χ1) is 8.46. The van der Waals surface area contributed by atoms with Gasteiger partial charge in [0, 0.05) is 26.2 Å². The lowest BCUT2D eigenvalue weighted by Gasteiger charge is -2.31. The maximum atomic E-state index is 13.1. The van der Waals surface area contributed by atoms with Crippen molar-refractivity contribution in [3.05, 3.63) is 0 Å². The van der Waals surface area contributed by atoms with E-state index in [0.717, 1.165) is 0 Å². The molecule has 0 aromatic rings. The smallest absolute Gasteiger partial charge is 0.381 e. The van der Waals surface area contributed by atoms with Crippen molar-refractivity contribution in [2.45, 2.75) is 31.9 Å². The molecule has 2 saturated heterocycles. The number of nitrogens with one attached hydrogen (secondary N) is 1. The molecule has 3 nitrogen and oxygen atoms in total. The predicted octanol–water partition coefficient (Wildman–Crippen LogP) is 1.91. The second kappa shape index (κ2) is 5.17. The molecule has 0 aromatic heterocycles. The maximum absolute atomic E-state index is 13.1. The van der Waals surface area contributed by atoms with Crippen molar-refractivity contribution in [1.82, 2.24) is 5.32 Å². The van der Waals surface area contributed by atoms with Gasteiger partial charge in [-0.1, -0.05) is 0 Å². The molecule has 0 aliphatic carbocycles. The van der Waals surface area contributed by atoms with Crippen molar-refractivity contribution in [3.63, 3.8) is 0 Å². The van der Waals surface area contributed by atoms with Crippen molar-refractivity contribution in [2.24, 2.45) is 11.3 Å². The lowest BCUT2D eigenvalue weighted by Crippen LogP contribution is -2.47. The van der Waals surface area contributed by atoms with E-state index in [-0.39, 0.29) is 31.8 Å². The number of hydrogen-bond acceptors (Lipinski definition) is 3. The number of alkyl halides is 3. The Balaban J connectivity index is 2.04. The van der Waals surface area contributed by atoms with Gasteiger partial charge in [0.2, 0.25) is 0 Å². The second-order valence-corrected chi connectivity index (χ2v) is 5.19. The highest BCUT2D eigenvalue weighted by molar-refractivity contribution is 5.86. The van der Waals surface area contributed by atoms with E-state index in [1.54, 1.807) is 0 Å². The third-order valence-corrected chi connectivity index (χ3v) is 4.05. The van der Waals surface area contributed by atoms with E-state index >= 15 is 0 Å². The molecule has 0 spiro atoms. The molecular formula is C12H18F3NO2. The van der Waals surface area contributed by atoms with Gasteiger partial charge in [0.1, 0.15) is 11.2 Å². The minimum atomic E-state index is -4.45. The van der Waals surface area contributed by atoms with Crippen LogP contribution in [0.1, 0.15) is 25.7 Å². The number of carbonyl (C=O) groups is 1. The van der Waals surface area contributed by atoms with E-state index in [1.807, 2.05) is 0 Å². The van der Waals surface area contributed by atoms with Crippen LogP contribution in [0.3, 0.4) is 0 Å². The highest BCUT2D eigenvalue weighted by Crippen LogP contribution is 2.45. The standard InChI is InChI=1S/C12H18F3NO2/c13-12(14,15)11(3-4-16-8-11)10(17)7-9-1-5-18-6-2-9/h9,16H,1-8H2. The molecule has 0 aromatic carbocycles. The number of halogens is 3. The van der Waals surface area contributed by atoms with Gasteiger partial charge in [-0.2, -0.15) is 13.2 Å². The number of carbonyl (C=O) groups excluding carboxylic acids is 1. The van der Waals surface area contributed by atoms with Gasteiger partial charge in [0.05, 0.1) is 0 Å². The molecule has 1 atom stereocenters. The molecule has 0 bridgehead atoms. The molecule has 1 N–H and O–H groups in total. The first kappa shape index (κ1) is 13.8. The van der Waals surface area contributed by atoms with Gasteiger partial charge in [-0.05, 0) is 31.7 Å². The molecule has 0 saturated carbocycles. The van der Waals surface area contributed by atoms with E-state index in [0.29, 0.717) is 26.1 Å². The van der Waals surface area contributed by atoms with Gasteiger partial charge >= 0.3 is 6.18 Å². The minimum Gasteiger partial charge on any atom is -0.381 e. The number of ether oxygens (including phenoxy) is 1. The highest BCUT2D eigenvalue weighted by Gasteiger charge is 2.60. The Morgan fingerprint density at radius 1 is 1.33 bits per heavy atom. The minimum absolute atomic E-state index is 0.0323. The molecule has 2 aliphatic rings.